The van der Waals surface area contributed by atoms with Gasteiger partial charge in [-0.15, -0.1) is 0 Å². The summed E-state index contributed by atoms with van der Waals surface area (Å²) < 4.78 is 0. The molecule has 3 atom stereocenters. The second-order valence-corrected chi connectivity index (χ2v) is 3.80. The fourth-order valence-electron chi connectivity index (χ4n) is 1.85. The Kier molecular flexibility index (Phi) is 2.68. The van der Waals surface area contributed by atoms with E-state index in [1.54, 1.807) is 6.92 Å². The molecule has 0 saturated heterocycles. The van der Waals surface area contributed by atoms with E-state index in [0.717, 1.165) is 12.0 Å². The molecule has 68 valence electrons. The lowest BCUT2D eigenvalue weighted by molar-refractivity contribution is -0.123. The van der Waals surface area contributed by atoms with Gasteiger partial charge in [0.25, 0.3) is 0 Å². The standard InChI is InChI=1S/C10H16O2/c1-6(2)8-4-9(7(3)11)10(12)5-8/h8-10,12H,1,4-5H2,2-3H3/t8-,9+,10+/m0/s1. The highest BCUT2D eigenvalue weighted by Gasteiger charge is 2.35. The lowest BCUT2D eigenvalue weighted by Gasteiger charge is -2.08. The maximum atomic E-state index is 11.0. The van der Waals surface area contributed by atoms with Gasteiger partial charge in [0.2, 0.25) is 0 Å². The van der Waals surface area contributed by atoms with Crippen LogP contribution in [0.4, 0.5) is 0 Å². The summed E-state index contributed by atoms with van der Waals surface area (Å²) >= 11 is 0. The normalized spacial score (nSPS) is 35.1. The Balaban J connectivity index is 2.62. The van der Waals surface area contributed by atoms with Crippen LogP contribution in [-0.2, 0) is 4.79 Å². The number of aliphatic hydroxyl groups is 1. The molecule has 1 fully saturated rings. The fraction of sp³-hybridized carbons (Fsp3) is 0.700. The minimum atomic E-state index is -0.441. The van der Waals surface area contributed by atoms with Crippen molar-refractivity contribution in [3.05, 3.63) is 12.2 Å². The topological polar surface area (TPSA) is 37.3 Å². The molecule has 1 aliphatic rings. The van der Waals surface area contributed by atoms with Gasteiger partial charge in [-0.2, -0.15) is 0 Å². The van der Waals surface area contributed by atoms with Crippen LogP contribution in [0.25, 0.3) is 0 Å². The first-order valence-corrected chi connectivity index (χ1v) is 4.36. The van der Waals surface area contributed by atoms with Crippen LogP contribution in [-0.4, -0.2) is 17.0 Å². The van der Waals surface area contributed by atoms with E-state index in [1.807, 2.05) is 6.92 Å². The summed E-state index contributed by atoms with van der Waals surface area (Å²) in [5, 5.41) is 9.52. The van der Waals surface area contributed by atoms with Gasteiger partial charge in [0.15, 0.2) is 0 Å². The molecule has 0 aromatic carbocycles. The molecule has 0 amide bonds. The predicted octanol–water partition coefficient (Wildman–Crippen LogP) is 1.54. The number of Topliss-reactive ketones (excluding diaryl/α,β-unsaturated/α-hetero) is 1. The third kappa shape index (κ3) is 1.75. The molecule has 12 heavy (non-hydrogen) atoms. The molecule has 0 aliphatic heterocycles. The number of carbonyl (C=O) groups is 1. The zero-order valence-corrected chi connectivity index (χ0v) is 7.71. The van der Waals surface area contributed by atoms with Crippen molar-refractivity contribution < 1.29 is 9.90 Å². The van der Waals surface area contributed by atoms with Crippen molar-refractivity contribution in [3.8, 4) is 0 Å². The van der Waals surface area contributed by atoms with Gasteiger partial charge in [-0.3, -0.25) is 4.79 Å². The first-order valence-electron chi connectivity index (χ1n) is 4.36. The second kappa shape index (κ2) is 3.40. The van der Waals surface area contributed by atoms with Crippen LogP contribution in [0.2, 0.25) is 0 Å². The molecular formula is C10H16O2. The van der Waals surface area contributed by atoms with Gasteiger partial charge in [-0.1, -0.05) is 12.2 Å². The summed E-state index contributed by atoms with van der Waals surface area (Å²) in [4.78, 5) is 11.0. The molecule has 1 aliphatic carbocycles. The van der Waals surface area contributed by atoms with E-state index in [4.69, 9.17) is 0 Å². The Morgan fingerprint density at radius 3 is 2.25 bits per heavy atom. The zero-order chi connectivity index (χ0) is 9.30. The van der Waals surface area contributed by atoms with E-state index < -0.39 is 6.10 Å². The monoisotopic (exact) mass is 168 g/mol. The van der Waals surface area contributed by atoms with Gasteiger partial charge >= 0.3 is 0 Å². The number of ketones is 1. The lowest BCUT2D eigenvalue weighted by Crippen LogP contribution is -2.19. The highest BCUT2D eigenvalue weighted by molar-refractivity contribution is 5.79. The Hall–Kier alpha value is -0.630. The molecule has 0 unspecified atom stereocenters. The summed E-state index contributed by atoms with van der Waals surface area (Å²) in [5.74, 6) is 0.298. The van der Waals surface area contributed by atoms with E-state index >= 15 is 0 Å². The van der Waals surface area contributed by atoms with E-state index in [0.29, 0.717) is 12.3 Å². The minimum absolute atomic E-state index is 0.103. The van der Waals surface area contributed by atoms with Crippen LogP contribution in [0.1, 0.15) is 26.7 Å². The Labute approximate surface area is 73.3 Å². The Morgan fingerprint density at radius 1 is 1.42 bits per heavy atom. The van der Waals surface area contributed by atoms with Gasteiger partial charge < -0.3 is 5.11 Å². The Morgan fingerprint density at radius 2 is 2.00 bits per heavy atom. The minimum Gasteiger partial charge on any atom is -0.392 e. The number of rotatable bonds is 2. The van der Waals surface area contributed by atoms with Crippen LogP contribution in [0.5, 0.6) is 0 Å². The smallest absolute Gasteiger partial charge is 0.135 e. The Bertz CT molecular complexity index is 208. The fourth-order valence-corrected chi connectivity index (χ4v) is 1.85. The third-order valence-corrected chi connectivity index (χ3v) is 2.75. The molecule has 0 heterocycles. The maximum absolute atomic E-state index is 11.0. The average molecular weight is 168 g/mol. The molecule has 0 aromatic rings. The molecule has 0 radical (unpaired) electrons. The number of carbonyl (C=O) groups excluding carboxylic acids is 1. The summed E-state index contributed by atoms with van der Waals surface area (Å²) in [5.41, 5.74) is 1.08. The first-order chi connectivity index (χ1) is 5.52. The summed E-state index contributed by atoms with van der Waals surface area (Å²) in [6.45, 7) is 7.35. The van der Waals surface area contributed by atoms with Crippen molar-refractivity contribution in [1.82, 2.24) is 0 Å². The SMILES string of the molecule is C=C(C)[C@@H]1C[C@@H](O)[C@@H](C(C)=O)C1. The van der Waals surface area contributed by atoms with Gasteiger partial charge in [-0.25, -0.2) is 0 Å². The van der Waals surface area contributed by atoms with Gasteiger partial charge in [0.1, 0.15) is 5.78 Å². The third-order valence-electron chi connectivity index (χ3n) is 2.75. The number of hydrogen-bond acceptors (Lipinski definition) is 2. The van der Waals surface area contributed by atoms with Crippen LogP contribution in [0.15, 0.2) is 12.2 Å². The van der Waals surface area contributed by atoms with Crippen LogP contribution in [0.3, 0.4) is 0 Å². The zero-order valence-electron chi connectivity index (χ0n) is 7.71. The molecule has 1 saturated carbocycles. The van der Waals surface area contributed by atoms with Crippen molar-refractivity contribution in [1.29, 1.82) is 0 Å². The average Bonchev–Trinajstić information content (AvgIpc) is 2.30. The summed E-state index contributed by atoms with van der Waals surface area (Å²) in [6.07, 6.45) is 1.05. The molecule has 1 rings (SSSR count). The van der Waals surface area contributed by atoms with Crippen LogP contribution < -0.4 is 0 Å². The lowest BCUT2D eigenvalue weighted by atomic mass is 9.97. The molecule has 1 N–H and O–H groups in total. The van der Waals surface area contributed by atoms with Gasteiger partial charge in [0.05, 0.1) is 6.10 Å². The summed E-state index contributed by atoms with van der Waals surface area (Å²) in [7, 11) is 0. The molecular weight excluding hydrogens is 152 g/mol. The highest BCUT2D eigenvalue weighted by Crippen LogP contribution is 2.35. The van der Waals surface area contributed by atoms with Gasteiger partial charge in [0, 0.05) is 5.92 Å². The van der Waals surface area contributed by atoms with E-state index in [2.05, 4.69) is 6.58 Å². The number of hydrogen-bond donors (Lipinski definition) is 1. The molecule has 2 nitrogen and oxygen atoms in total. The summed E-state index contributed by atoms with van der Waals surface area (Å²) in [6, 6.07) is 0. The molecule has 0 spiro atoms. The molecule has 2 heteroatoms. The maximum Gasteiger partial charge on any atom is 0.135 e. The largest absolute Gasteiger partial charge is 0.392 e. The van der Waals surface area contributed by atoms with Crippen molar-refractivity contribution in [3.63, 3.8) is 0 Å². The van der Waals surface area contributed by atoms with Crippen molar-refractivity contribution in [2.24, 2.45) is 11.8 Å². The van der Waals surface area contributed by atoms with Gasteiger partial charge in [-0.05, 0) is 32.6 Å². The number of allylic oxidation sites excluding steroid dienone is 1. The first kappa shape index (κ1) is 9.46. The van der Waals surface area contributed by atoms with Crippen molar-refractivity contribution >= 4 is 5.78 Å². The van der Waals surface area contributed by atoms with Crippen molar-refractivity contribution in [2.75, 3.05) is 0 Å². The predicted molar refractivity (Wildman–Crippen MR) is 47.7 cm³/mol. The van der Waals surface area contributed by atoms with E-state index in [9.17, 15) is 9.90 Å². The van der Waals surface area contributed by atoms with Crippen LogP contribution >= 0.6 is 0 Å². The molecule has 0 aromatic heterocycles. The highest BCUT2D eigenvalue weighted by atomic mass is 16.3. The second-order valence-electron chi connectivity index (χ2n) is 3.80. The van der Waals surface area contributed by atoms with Crippen molar-refractivity contribution in [2.45, 2.75) is 32.8 Å². The molecule has 0 bridgehead atoms. The van der Waals surface area contributed by atoms with Crippen LogP contribution in [0, 0.1) is 11.8 Å². The number of aliphatic hydroxyl groups excluding tert-OH is 1. The van der Waals surface area contributed by atoms with E-state index in [1.165, 1.54) is 0 Å². The van der Waals surface area contributed by atoms with E-state index in [-0.39, 0.29) is 11.7 Å². The quantitative estimate of drug-likeness (QED) is 0.635.